The number of carboxylic acids is 1. The lowest BCUT2D eigenvalue weighted by Crippen LogP contribution is -1.98. The van der Waals surface area contributed by atoms with Gasteiger partial charge in [-0.2, -0.15) is 5.10 Å². The second-order valence-electron chi connectivity index (χ2n) is 4.26. The summed E-state index contributed by atoms with van der Waals surface area (Å²) in [6, 6.07) is 9.87. The van der Waals surface area contributed by atoms with Crippen LogP contribution in [-0.2, 0) is 0 Å². The minimum atomic E-state index is -1.05. The minimum Gasteiger partial charge on any atom is -0.502 e. The third-order valence-corrected chi connectivity index (χ3v) is 2.71. The van der Waals surface area contributed by atoms with Crippen molar-refractivity contribution in [1.29, 1.82) is 0 Å². The Labute approximate surface area is 124 Å². The molecule has 0 aromatic heterocycles. The van der Waals surface area contributed by atoms with Gasteiger partial charge in [0, 0.05) is 11.6 Å². The average Bonchev–Trinajstić information content (AvgIpc) is 2.49. The predicted octanol–water partition coefficient (Wildman–Crippen LogP) is 2.44. The first-order valence-corrected chi connectivity index (χ1v) is 6.07. The van der Waals surface area contributed by atoms with Crippen molar-refractivity contribution in [3.63, 3.8) is 0 Å². The summed E-state index contributed by atoms with van der Waals surface area (Å²) >= 11 is 0. The lowest BCUT2D eigenvalue weighted by Gasteiger charge is -2.01. The third kappa shape index (κ3) is 3.57. The molecule has 0 spiro atoms. The molecule has 8 nitrogen and oxygen atoms in total. The first-order chi connectivity index (χ1) is 10.5. The number of carboxylic acid groups (broad SMARTS) is 1. The van der Waals surface area contributed by atoms with Crippen LogP contribution in [0.4, 0.5) is 11.4 Å². The number of aromatic hydroxyl groups is 1. The molecule has 0 saturated heterocycles. The highest BCUT2D eigenvalue weighted by Crippen LogP contribution is 2.25. The zero-order valence-corrected chi connectivity index (χ0v) is 11.1. The number of benzene rings is 2. The first kappa shape index (κ1) is 15.0. The van der Waals surface area contributed by atoms with Gasteiger partial charge in [-0.25, -0.2) is 4.79 Å². The molecule has 3 N–H and O–H groups in total. The van der Waals surface area contributed by atoms with Gasteiger partial charge < -0.3 is 10.2 Å². The molecule has 0 heterocycles. The van der Waals surface area contributed by atoms with Crippen LogP contribution in [0.2, 0.25) is 0 Å². The Morgan fingerprint density at radius 1 is 1.27 bits per heavy atom. The molecule has 8 heteroatoms. The number of nitro groups is 1. The summed E-state index contributed by atoms with van der Waals surface area (Å²) in [4.78, 5) is 20.8. The van der Waals surface area contributed by atoms with Crippen LogP contribution in [0, 0.1) is 10.1 Å². The van der Waals surface area contributed by atoms with Crippen LogP contribution < -0.4 is 5.43 Å². The Kier molecular flexibility index (Phi) is 4.33. The number of nitrogens with one attached hydrogen (secondary N) is 1. The van der Waals surface area contributed by atoms with E-state index in [0.29, 0.717) is 11.3 Å². The summed E-state index contributed by atoms with van der Waals surface area (Å²) in [6.07, 6.45) is 1.32. The molecule has 2 rings (SSSR count). The van der Waals surface area contributed by atoms with Gasteiger partial charge in [-0.3, -0.25) is 15.5 Å². The molecule has 0 radical (unpaired) electrons. The minimum absolute atomic E-state index is 0.112. The lowest BCUT2D eigenvalue weighted by atomic mass is 10.2. The maximum Gasteiger partial charge on any atom is 0.335 e. The molecule has 112 valence electrons. The van der Waals surface area contributed by atoms with Crippen molar-refractivity contribution in [3.05, 3.63) is 63.7 Å². The van der Waals surface area contributed by atoms with Crippen molar-refractivity contribution in [2.45, 2.75) is 0 Å². The van der Waals surface area contributed by atoms with Crippen LogP contribution >= 0.6 is 0 Å². The van der Waals surface area contributed by atoms with Crippen molar-refractivity contribution in [2.75, 3.05) is 5.43 Å². The van der Waals surface area contributed by atoms with Crippen LogP contribution in [0.25, 0.3) is 0 Å². The second kappa shape index (κ2) is 6.35. The SMILES string of the molecule is O=C(O)c1cccc(NN=Cc2ccc(O)c([N+](=O)[O-])c2)c1. The molecule has 0 atom stereocenters. The van der Waals surface area contributed by atoms with E-state index in [2.05, 4.69) is 10.5 Å². The van der Waals surface area contributed by atoms with Gasteiger partial charge in [0.15, 0.2) is 5.75 Å². The topological polar surface area (TPSA) is 125 Å². The largest absolute Gasteiger partial charge is 0.502 e. The number of nitro benzene ring substituents is 1. The van der Waals surface area contributed by atoms with Gasteiger partial charge in [-0.1, -0.05) is 6.07 Å². The van der Waals surface area contributed by atoms with Gasteiger partial charge in [0.05, 0.1) is 22.4 Å². The fourth-order valence-electron chi connectivity index (χ4n) is 1.67. The van der Waals surface area contributed by atoms with E-state index in [1.54, 1.807) is 12.1 Å². The summed E-state index contributed by atoms with van der Waals surface area (Å²) in [7, 11) is 0. The highest BCUT2D eigenvalue weighted by Gasteiger charge is 2.12. The molecule has 2 aromatic carbocycles. The monoisotopic (exact) mass is 301 g/mol. The quantitative estimate of drug-likeness (QED) is 0.442. The zero-order chi connectivity index (χ0) is 16.1. The Morgan fingerprint density at radius 2 is 2.05 bits per heavy atom. The van der Waals surface area contributed by atoms with Crippen molar-refractivity contribution in [1.82, 2.24) is 0 Å². The molecule has 22 heavy (non-hydrogen) atoms. The fraction of sp³-hybridized carbons (Fsp3) is 0. The van der Waals surface area contributed by atoms with Crippen molar-refractivity contribution in [2.24, 2.45) is 5.10 Å². The lowest BCUT2D eigenvalue weighted by molar-refractivity contribution is -0.385. The molecule has 0 fully saturated rings. The zero-order valence-electron chi connectivity index (χ0n) is 11.1. The van der Waals surface area contributed by atoms with Gasteiger partial charge >= 0.3 is 11.7 Å². The van der Waals surface area contributed by atoms with Gasteiger partial charge in [0.25, 0.3) is 0 Å². The van der Waals surface area contributed by atoms with E-state index in [1.807, 2.05) is 0 Å². The molecule has 0 amide bonds. The van der Waals surface area contributed by atoms with Crippen LogP contribution in [0.1, 0.15) is 15.9 Å². The molecule has 0 aliphatic carbocycles. The molecule has 0 aliphatic heterocycles. The highest BCUT2D eigenvalue weighted by molar-refractivity contribution is 5.89. The maximum atomic E-state index is 10.8. The molecule has 2 aromatic rings. The number of nitrogens with zero attached hydrogens (tertiary/aromatic N) is 2. The first-order valence-electron chi connectivity index (χ1n) is 6.07. The van der Waals surface area contributed by atoms with Gasteiger partial charge in [-0.15, -0.1) is 0 Å². The van der Waals surface area contributed by atoms with Crippen LogP contribution in [0.3, 0.4) is 0 Å². The number of carbonyl (C=O) groups is 1. The Balaban J connectivity index is 2.13. The number of anilines is 1. The highest BCUT2D eigenvalue weighted by atomic mass is 16.6. The molecular weight excluding hydrogens is 290 g/mol. The predicted molar refractivity (Wildman–Crippen MR) is 79.4 cm³/mol. The molecule has 0 saturated carbocycles. The van der Waals surface area contributed by atoms with E-state index in [1.165, 1.54) is 36.5 Å². The summed E-state index contributed by atoms with van der Waals surface area (Å²) < 4.78 is 0. The Hall–Kier alpha value is -3.42. The standard InChI is InChI=1S/C14H11N3O5/c18-13-5-4-9(6-12(13)17(21)22)8-15-16-11-3-1-2-10(7-11)14(19)20/h1-8,16,18H,(H,19,20). The molecule has 0 bridgehead atoms. The number of hydrogen-bond donors (Lipinski definition) is 3. The summed E-state index contributed by atoms with van der Waals surface area (Å²) in [6.45, 7) is 0. The van der Waals surface area contributed by atoms with E-state index in [-0.39, 0.29) is 5.56 Å². The Bertz CT molecular complexity index is 758. The average molecular weight is 301 g/mol. The molecule has 0 unspecified atom stereocenters. The van der Waals surface area contributed by atoms with E-state index >= 15 is 0 Å². The maximum absolute atomic E-state index is 10.8. The summed E-state index contributed by atoms with van der Waals surface area (Å²) in [5, 5.41) is 32.8. The van der Waals surface area contributed by atoms with E-state index in [4.69, 9.17) is 5.11 Å². The van der Waals surface area contributed by atoms with E-state index in [9.17, 15) is 20.0 Å². The number of rotatable bonds is 5. The number of phenolic OH excluding ortho intramolecular Hbond substituents is 1. The summed E-state index contributed by atoms with van der Waals surface area (Å²) in [5.41, 5.74) is 3.19. The summed E-state index contributed by atoms with van der Waals surface area (Å²) in [5.74, 6) is -1.48. The van der Waals surface area contributed by atoms with Crippen LogP contribution in [0.5, 0.6) is 5.75 Å². The van der Waals surface area contributed by atoms with Crippen LogP contribution in [-0.4, -0.2) is 27.3 Å². The van der Waals surface area contributed by atoms with Crippen LogP contribution in [0.15, 0.2) is 47.6 Å². The fourth-order valence-corrected chi connectivity index (χ4v) is 1.67. The smallest absolute Gasteiger partial charge is 0.335 e. The van der Waals surface area contributed by atoms with E-state index in [0.717, 1.165) is 0 Å². The van der Waals surface area contributed by atoms with E-state index < -0.39 is 22.3 Å². The Morgan fingerprint density at radius 3 is 2.73 bits per heavy atom. The molecule has 0 aliphatic rings. The van der Waals surface area contributed by atoms with Gasteiger partial charge in [-0.05, 0) is 30.3 Å². The number of aromatic carboxylic acids is 1. The molecular formula is C14H11N3O5. The van der Waals surface area contributed by atoms with Crippen molar-refractivity contribution < 1.29 is 19.9 Å². The van der Waals surface area contributed by atoms with Crippen molar-refractivity contribution in [3.8, 4) is 5.75 Å². The van der Waals surface area contributed by atoms with Gasteiger partial charge in [0.1, 0.15) is 0 Å². The number of phenols is 1. The van der Waals surface area contributed by atoms with Crippen molar-refractivity contribution >= 4 is 23.6 Å². The third-order valence-electron chi connectivity index (χ3n) is 2.71. The normalized spacial score (nSPS) is 10.5. The number of hydrogen-bond acceptors (Lipinski definition) is 6. The van der Waals surface area contributed by atoms with Gasteiger partial charge in [0.2, 0.25) is 0 Å². The second-order valence-corrected chi connectivity index (χ2v) is 4.26. The number of hydrazone groups is 1.